The van der Waals surface area contributed by atoms with Crippen LogP contribution in [-0.4, -0.2) is 14.5 Å². The monoisotopic (exact) mass is 126 g/mol. The van der Waals surface area contributed by atoms with Gasteiger partial charge in [-0.3, -0.25) is 0 Å². The Morgan fingerprint density at radius 3 is 2.89 bits per heavy atom. The molecule has 0 aliphatic carbocycles. The van der Waals surface area contributed by atoms with Crippen molar-refractivity contribution >= 4 is 5.82 Å². The van der Waals surface area contributed by atoms with Gasteiger partial charge in [0, 0.05) is 0 Å². The molecule has 0 bridgehead atoms. The van der Waals surface area contributed by atoms with Gasteiger partial charge in [0.25, 0.3) is 0 Å². The third-order valence-electron chi connectivity index (χ3n) is 0.903. The van der Waals surface area contributed by atoms with Crippen molar-refractivity contribution in [2.45, 2.75) is 0 Å². The number of hydrogen-bond donors (Lipinski definition) is 0. The second kappa shape index (κ2) is 1.85. The molecular weight excluding hydrogens is 122 g/mol. The number of aromatic nitrogens is 2. The largest absolute Gasteiger partial charge is 0.358 e. The Morgan fingerprint density at radius 2 is 2.67 bits per heavy atom. The van der Waals surface area contributed by atoms with Crippen molar-refractivity contribution < 1.29 is 4.92 Å². The lowest BCUT2D eigenvalue weighted by molar-refractivity contribution is -0.392. The lowest BCUT2D eigenvalue weighted by Gasteiger charge is -1.89. The molecule has 0 saturated carbocycles. The molecule has 0 atom stereocenters. The highest BCUT2D eigenvalue weighted by Crippen LogP contribution is 2.04. The zero-order valence-corrected chi connectivity index (χ0v) is 4.74. The SMILES string of the molecule is Cn1cn[c]c1[N+](=O)[O-]. The maximum absolute atomic E-state index is 10.00. The zero-order valence-electron chi connectivity index (χ0n) is 4.74. The van der Waals surface area contributed by atoms with E-state index in [1.54, 1.807) is 7.05 Å². The molecule has 1 aromatic rings. The van der Waals surface area contributed by atoms with E-state index in [1.807, 2.05) is 0 Å². The number of hydrogen-bond acceptors (Lipinski definition) is 3. The molecule has 1 heterocycles. The molecule has 0 aromatic carbocycles. The summed E-state index contributed by atoms with van der Waals surface area (Å²) in [5, 5.41) is 10.00. The van der Waals surface area contributed by atoms with Crippen molar-refractivity contribution in [1.82, 2.24) is 9.55 Å². The molecule has 1 rings (SSSR count). The fourth-order valence-corrected chi connectivity index (χ4v) is 0.476. The Kier molecular flexibility index (Phi) is 1.18. The van der Waals surface area contributed by atoms with Gasteiger partial charge in [-0.2, -0.15) is 0 Å². The summed E-state index contributed by atoms with van der Waals surface area (Å²) in [6.45, 7) is 0. The maximum Gasteiger partial charge on any atom is 0.352 e. The predicted molar refractivity (Wildman–Crippen MR) is 28.7 cm³/mol. The summed E-state index contributed by atoms with van der Waals surface area (Å²) >= 11 is 0. The van der Waals surface area contributed by atoms with Crippen LogP contribution in [0.5, 0.6) is 0 Å². The first kappa shape index (κ1) is 5.74. The summed E-state index contributed by atoms with van der Waals surface area (Å²) in [6.07, 6.45) is 3.55. The minimum Gasteiger partial charge on any atom is -0.358 e. The summed E-state index contributed by atoms with van der Waals surface area (Å²) in [5.41, 5.74) is 0. The minimum absolute atomic E-state index is 0.116. The van der Waals surface area contributed by atoms with Gasteiger partial charge in [0.1, 0.15) is 0 Å². The Bertz CT molecular complexity index is 229. The number of nitrogens with zero attached hydrogens (tertiary/aromatic N) is 3. The van der Waals surface area contributed by atoms with Crippen molar-refractivity contribution in [2.75, 3.05) is 0 Å². The molecule has 5 nitrogen and oxygen atoms in total. The molecule has 1 radical (unpaired) electrons. The third kappa shape index (κ3) is 0.883. The molecule has 0 amide bonds. The molecule has 47 valence electrons. The molecule has 5 heteroatoms. The molecule has 0 fully saturated rings. The van der Waals surface area contributed by atoms with E-state index in [4.69, 9.17) is 0 Å². The lowest BCUT2D eigenvalue weighted by Crippen LogP contribution is -1.94. The Morgan fingerprint density at radius 1 is 2.00 bits per heavy atom. The molecule has 0 aliphatic rings. The van der Waals surface area contributed by atoms with Crippen molar-refractivity contribution in [3.63, 3.8) is 0 Å². The second-order valence-electron chi connectivity index (χ2n) is 1.55. The molecular formula is C4H4N3O2. The van der Waals surface area contributed by atoms with Gasteiger partial charge in [-0.15, -0.1) is 0 Å². The van der Waals surface area contributed by atoms with Crippen molar-refractivity contribution in [3.05, 3.63) is 22.6 Å². The van der Waals surface area contributed by atoms with E-state index in [1.165, 1.54) is 10.9 Å². The summed E-state index contributed by atoms with van der Waals surface area (Å²) in [6, 6.07) is 0. The van der Waals surface area contributed by atoms with Crippen LogP contribution in [0.15, 0.2) is 6.33 Å². The number of rotatable bonds is 1. The summed E-state index contributed by atoms with van der Waals surface area (Å²) in [5.74, 6) is -0.116. The molecule has 0 aliphatic heterocycles. The van der Waals surface area contributed by atoms with E-state index in [0.29, 0.717) is 0 Å². The van der Waals surface area contributed by atoms with Gasteiger partial charge in [0.15, 0.2) is 12.5 Å². The van der Waals surface area contributed by atoms with E-state index in [0.717, 1.165) is 0 Å². The van der Waals surface area contributed by atoms with Crippen LogP contribution < -0.4 is 0 Å². The Balaban J connectivity index is 3.08. The first-order valence-corrected chi connectivity index (χ1v) is 2.25. The summed E-state index contributed by atoms with van der Waals surface area (Å²) in [7, 11) is 1.54. The number of aryl methyl sites for hydroxylation is 1. The average molecular weight is 126 g/mol. The van der Waals surface area contributed by atoms with Gasteiger partial charge >= 0.3 is 5.82 Å². The number of nitro groups is 1. The molecule has 9 heavy (non-hydrogen) atoms. The standard InChI is InChI=1S/C4H4N3O2/c1-6-3-5-2-4(6)7(8)9/h3H,1H3. The highest BCUT2D eigenvalue weighted by molar-refractivity contribution is 5.11. The van der Waals surface area contributed by atoms with Crippen LogP contribution in [0, 0.1) is 16.3 Å². The van der Waals surface area contributed by atoms with E-state index < -0.39 is 4.92 Å². The van der Waals surface area contributed by atoms with Crippen LogP contribution in [0.25, 0.3) is 0 Å². The van der Waals surface area contributed by atoms with Gasteiger partial charge in [0.05, 0.1) is 7.05 Å². The molecule has 0 saturated heterocycles. The maximum atomic E-state index is 10.00. The van der Waals surface area contributed by atoms with Crippen molar-refractivity contribution in [3.8, 4) is 0 Å². The Hall–Kier alpha value is -1.39. The molecule has 1 aromatic heterocycles. The van der Waals surface area contributed by atoms with Gasteiger partial charge in [0.2, 0.25) is 0 Å². The first-order valence-electron chi connectivity index (χ1n) is 2.25. The quantitative estimate of drug-likeness (QED) is 0.397. The smallest absolute Gasteiger partial charge is 0.352 e. The lowest BCUT2D eigenvalue weighted by atomic mass is 10.8. The minimum atomic E-state index is -0.535. The van der Waals surface area contributed by atoms with E-state index in [9.17, 15) is 10.1 Å². The molecule has 0 spiro atoms. The topological polar surface area (TPSA) is 61.0 Å². The van der Waals surface area contributed by atoms with Crippen LogP contribution in [0.4, 0.5) is 5.82 Å². The van der Waals surface area contributed by atoms with Crippen LogP contribution in [0.1, 0.15) is 0 Å². The average Bonchev–Trinajstić information content (AvgIpc) is 2.13. The van der Waals surface area contributed by atoms with E-state index in [-0.39, 0.29) is 5.82 Å². The summed E-state index contributed by atoms with van der Waals surface area (Å²) in [4.78, 5) is 12.9. The van der Waals surface area contributed by atoms with Crippen LogP contribution in [0.2, 0.25) is 0 Å². The second-order valence-corrected chi connectivity index (χ2v) is 1.55. The fraction of sp³-hybridized carbons (Fsp3) is 0.250. The normalized spacial score (nSPS) is 9.44. The first-order chi connectivity index (χ1) is 4.22. The zero-order chi connectivity index (χ0) is 6.85. The van der Waals surface area contributed by atoms with Crippen LogP contribution in [-0.2, 0) is 7.05 Å². The van der Waals surface area contributed by atoms with E-state index >= 15 is 0 Å². The van der Waals surface area contributed by atoms with Gasteiger partial charge in [-0.25, -0.2) is 9.55 Å². The van der Waals surface area contributed by atoms with Crippen LogP contribution in [0.3, 0.4) is 0 Å². The van der Waals surface area contributed by atoms with E-state index in [2.05, 4.69) is 11.2 Å². The molecule has 0 unspecified atom stereocenters. The third-order valence-corrected chi connectivity index (χ3v) is 0.903. The highest BCUT2D eigenvalue weighted by atomic mass is 16.6. The van der Waals surface area contributed by atoms with Gasteiger partial charge in [-0.1, -0.05) is 0 Å². The summed E-state index contributed by atoms with van der Waals surface area (Å²) < 4.78 is 1.29. The van der Waals surface area contributed by atoms with Gasteiger partial charge < -0.3 is 10.1 Å². The van der Waals surface area contributed by atoms with Crippen molar-refractivity contribution in [2.24, 2.45) is 7.05 Å². The fourth-order valence-electron chi connectivity index (χ4n) is 0.476. The van der Waals surface area contributed by atoms with Gasteiger partial charge in [-0.05, 0) is 4.92 Å². The Labute approximate surface area is 51.1 Å². The predicted octanol–water partition coefficient (Wildman–Crippen LogP) is 0.128. The van der Waals surface area contributed by atoms with Crippen LogP contribution >= 0.6 is 0 Å². The highest BCUT2D eigenvalue weighted by Gasteiger charge is 2.07. The van der Waals surface area contributed by atoms with Crippen molar-refractivity contribution in [1.29, 1.82) is 0 Å². The number of imidazole rings is 1. The molecule has 0 N–H and O–H groups in total.